The second-order valence-electron chi connectivity index (χ2n) is 14.1. The maximum atomic E-state index is 6.78. The average Bonchev–Trinajstić information content (AvgIpc) is 3.43. The van der Waals surface area contributed by atoms with Crippen molar-refractivity contribution < 1.29 is 4.42 Å². The van der Waals surface area contributed by atoms with Crippen molar-refractivity contribution in [3.05, 3.63) is 47.7 Å². The van der Waals surface area contributed by atoms with Gasteiger partial charge in [-0.25, -0.2) is 0 Å². The minimum absolute atomic E-state index is 0.159. The Labute approximate surface area is 225 Å². The van der Waals surface area contributed by atoms with Crippen LogP contribution in [0.1, 0.15) is 97.8 Å². The minimum atomic E-state index is 0.159. The zero-order valence-electron chi connectivity index (χ0n) is 24.3. The molecular weight excluding hydrogens is 452 g/mol. The first-order valence-electron chi connectivity index (χ1n) is 15.4. The highest BCUT2D eigenvalue weighted by Gasteiger charge is 2.59. The summed E-state index contributed by atoms with van der Waals surface area (Å²) in [7, 11) is 0. The van der Waals surface area contributed by atoms with Crippen molar-refractivity contribution in [1.82, 2.24) is 10.2 Å². The third kappa shape index (κ3) is 3.97. The van der Waals surface area contributed by atoms with E-state index in [1.54, 1.807) is 0 Å². The highest BCUT2D eigenvalue weighted by Crippen LogP contribution is 2.55. The first kappa shape index (κ1) is 25.7. The zero-order valence-corrected chi connectivity index (χ0v) is 24.3. The number of hydrogen-bond donors (Lipinski definition) is 1. The Morgan fingerprint density at radius 1 is 1.03 bits per heavy atom. The molecule has 37 heavy (non-hydrogen) atoms. The Bertz CT molecular complexity index is 1130. The van der Waals surface area contributed by atoms with Crippen LogP contribution < -0.4 is 5.32 Å². The molecule has 9 atom stereocenters. The number of fused-ring (bicyclic) bond motifs is 4. The Morgan fingerprint density at radius 3 is 2.43 bits per heavy atom. The molecule has 202 valence electrons. The van der Waals surface area contributed by atoms with E-state index in [0.717, 1.165) is 12.0 Å². The Hall–Kier alpha value is -1.58. The summed E-state index contributed by atoms with van der Waals surface area (Å²) in [6, 6.07) is 9.73. The third-order valence-electron chi connectivity index (χ3n) is 11.2. The van der Waals surface area contributed by atoms with Crippen LogP contribution >= 0.6 is 0 Å². The summed E-state index contributed by atoms with van der Waals surface area (Å²) in [6.45, 7) is 17.6. The number of rotatable bonds is 4. The van der Waals surface area contributed by atoms with E-state index in [9.17, 15) is 0 Å². The van der Waals surface area contributed by atoms with Crippen LogP contribution in [0.5, 0.6) is 0 Å². The van der Waals surface area contributed by atoms with Gasteiger partial charge in [0.15, 0.2) is 0 Å². The van der Waals surface area contributed by atoms with Gasteiger partial charge in [0.2, 0.25) is 0 Å². The van der Waals surface area contributed by atoms with E-state index < -0.39 is 0 Å². The number of para-hydroxylation sites is 1. The number of allylic oxidation sites excluding steroid dienone is 1. The molecule has 1 saturated carbocycles. The van der Waals surface area contributed by atoms with Gasteiger partial charge in [-0.15, -0.1) is 0 Å². The normalized spacial score (nSPS) is 40.5. The molecule has 1 aliphatic heterocycles. The van der Waals surface area contributed by atoms with Gasteiger partial charge in [-0.2, -0.15) is 0 Å². The zero-order chi connectivity index (χ0) is 26.1. The molecule has 2 heterocycles. The Morgan fingerprint density at radius 2 is 1.73 bits per heavy atom. The van der Waals surface area contributed by atoms with E-state index in [-0.39, 0.29) is 5.54 Å². The smallest absolute Gasteiger partial charge is 0.134 e. The van der Waals surface area contributed by atoms with Gasteiger partial charge in [-0.05, 0) is 80.6 Å². The van der Waals surface area contributed by atoms with Gasteiger partial charge in [0.1, 0.15) is 11.3 Å². The minimum Gasteiger partial charge on any atom is -0.460 e. The van der Waals surface area contributed by atoms with E-state index in [1.165, 1.54) is 48.8 Å². The van der Waals surface area contributed by atoms with Crippen molar-refractivity contribution in [1.29, 1.82) is 0 Å². The van der Waals surface area contributed by atoms with Gasteiger partial charge < -0.3 is 4.42 Å². The predicted molar refractivity (Wildman–Crippen MR) is 155 cm³/mol. The van der Waals surface area contributed by atoms with Gasteiger partial charge in [0.25, 0.3) is 0 Å². The molecule has 0 radical (unpaired) electrons. The molecule has 1 aromatic heterocycles. The fraction of sp³-hybridized carbons (Fsp3) is 0.706. The lowest BCUT2D eigenvalue weighted by Gasteiger charge is -2.59. The van der Waals surface area contributed by atoms with Crippen molar-refractivity contribution in [3.63, 3.8) is 0 Å². The molecule has 1 N–H and O–H groups in total. The highest BCUT2D eigenvalue weighted by molar-refractivity contribution is 5.82. The fourth-order valence-corrected chi connectivity index (χ4v) is 9.65. The summed E-state index contributed by atoms with van der Waals surface area (Å²) in [5.41, 5.74) is 2.71. The molecule has 0 bridgehead atoms. The van der Waals surface area contributed by atoms with Gasteiger partial charge in [0, 0.05) is 34.5 Å². The summed E-state index contributed by atoms with van der Waals surface area (Å²) >= 11 is 0. The second kappa shape index (κ2) is 9.56. The van der Waals surface area contributed by atoms with Crippen molar-refractivity contribution in [2.24, 2.45) is 35.5 Å². The van der Waals surface area contributed by atoms with Crippen LogP contribution in [0.3, 0.4) is 0 Å². The quantitative estimate of drug-likeness (QED) is 0.428. The SMILES string of the molecule is CC1Cc2c(oc3ccccc23)C(C2NC3C(C)CC=CC3N2C2(C)C(C(C)C)CCC[C@H]2C(C)C)C1. The molecule has 8 unspecified atom stereocenters. The number of hydrogen-bond acceptors (Lipinski definition) is 3. The molecule has 0 spiro atoms. The first-order valence-corrected chi connectivity index (χ1v) is 15.4. The van der Waals surface area contributed by atoms with Crippen molar-refractivity contribution in [2.45, 2.75) is 117 Å². The van der Waals surface area contributed by atoms with E-state index in [4.69, 9.17) is 4.42 Å². The summed E-state index contributed by atoms with van der Waals surface area (Å²) in [6.07, 6.45) is 13.0. The summed E-state index contributed by atoms with van der Waals surface area (Å²) in [4.78, 5) is 3.05. The van der Waals surface area contributed by atoms with Gasteiger partial charge in [-0.3, -0.25) is 10.2 Å². The maximum Gasteiger partial charge on any atom is 0.134 e. The number of furan rings is 1. The molecule has 1 aromatic carbocycles. The number of nitrogens with one attached hydrogen (secondary N) is 1. The summed E-state index contributed by atoms with van der Waals surface area (Å²) < 4.78 is 6.78. The molecule has 3 aliphatic carbocycles. The van der Waals surface area contributed by atoms with E-state index in [2.05, 4.69) is 95.1 Å². The molecule has 2 fully saturated rings. The fourth-order valence-electron chi connectivity index (χ4n) is 9.65. The van der Waals surface area contributed by atoms with Gasteiger partial charge >= 0.3 is 0 Å². The van der Waals surface area contributed by atoms with Crippen molar-refractivity contribution in [3.8, 4) is 0 Å². The maximum absolute atomic E-state index is 6.78. The number of benzene rings is 1. The van der Waals surface area contributed by atoms with E-state index in [1.807, 2.05) is 0 Å². The van der Waals surface area contributed by atoms with Crippen LogP contribution in [0.2, 0.25) is 0 Å². The number of nitrogens with zero attached hydrogens (tertiary/aromatic N) is 1. The van der Waals surface area contributed by atoms with Crippen LogP contribution in [0.4, 0.5) is 0 Å². The monoisotopic (exact) mass is 502 g/mol. The summed E-state index contributed by atoms with van der Waals surface area (Å²) in [5.74, 6) is 5.76. The van der Waals surface area contributed by atoms with E-state index >= 15 is 0 Å². The molecule has 4 aliphatic rings. The second-order valence-corrected chi connectivity index (χ2v) is 14.1. The molecule has 2 aromatic rings. The standard InChI is InChI=1S/C34H50N2O/c1-20(2)27-14-11-15-28(21(3)4)34(27,7)36-29-16-10-12-23(6)31(29)35-33(36)26-19-22(5)18-25-24-13-8-9-17-30(24)37-32(25)26/h8-10,13,16-17,20-23,26-29,31,33,35H,11-12,14-15,18-19H2,1-7H3/t22?,23?,26?,27-,28?,29?,31?,33?,34?/m0/s1. The van der Waals surface area contributed by atoms with Crippen LogP contribution in [-0.4, -0.2) is 28.7 Å². The lowest BCUT2D eigenvalue weighted by atomic mass is 9.58. The van der Waals surface area contributed by atoms with Gasteiger partial charge in [-0.1, -0.05) is 78.3 Å². The lowest BCUT2D eigenvalue weighted by molar-refractivity contribution is -0.0940. The molecule has 0 amide bonds. The van der Waals surface area contributed by atoms with Crippen LogP contribution in [0, 0.1) is 35.5 Å². The molecule has 3 heteroatoms. The molecule has 6 rings (SSSR count). The Kier molecular flexibility index (Phi) is 6.64. The molecular formula is C34H50N2O. The third-order valence-corrected chi connectivity index (χ3v) is 11.2. The van der Waals surface area contributed by atoms with E-state index in [0.29, 0.717) is 59.7 Å². The van der Waals surface area contributed by atoms with Crippen molar-refractivity contribution >= 4 is 11.0 Å². The van der Waals surface area contributed by atoms with Gasteiger partial charge in [0.05, 0.1) is 6.17 Å². The largest absolute Gasteiger partial charge is 0.460 e. The lowest BCUT2D eigenvalue weighted by Crippen LogP contribution is -2.66. The Balaban J connectivity index is 1.52. The molecule has 3 nitrogen and oxygen atoms in total. The topological polar surface area (TPSA) is 28.4 Å². The van der Waals surface area contributed by atoms with Crippen LogP contribution in [0.25, 0.3) is 11.0 Å². The molecule has 1 saturated heterocycles. The predicted octanol–water partition coefficient (Wildman–Crippen LogP) is 8.15. The average molecular weight is 503 g/mol. The first-order chi connectivity index (χ1) is 17.7. The summed E-state index contributed by atoms with van der Waals surface area (Å²) in [5, 5.41) is 5.67. The van der Waals surface area contributed by atoms with Crippen molar-refractivity contribution in [2.75, 3.05) is 0 Å². The van der Waals surface area contributed by atoms with Crippen LogP contribution in [0.15, 0.2) is 40.8 Å². The highest BCUT2D eigenvalue weighted by atomic mass is 16.3. The van der Waals surface area contributed by atoms with Crippen LogP contribution in [-0.2, 0) is 6.42 Å².